The van der Waals surface area contributed by atoms with Crippen LogP contribution in [0.3, 0.4) is 0 Å². The van der Waals surface area contributed by atoms with Gasteiger partial charge < -0.3 is 5.11 Å². The van der Waals surface area contributed by atoms with Crippen LogP contribution in [0.25, 0.3) is 0 Å². The third-order valence-corrected chi connectivity index (χ3v) is 4.76. The summed E-state index contributed by atoms with van der Waals surface area (Å²) in [4.78, 5) is 0.197. The van der Waals surface area contributed by atoms with Crippen LogP contribution in [0.1, 0.15) is 11.1 Å². The maximum Gasteiger partial charge on any atom is 0.240 e. The van der Waals surface area contributed by atoms with Crippen molar-refractivity contribution in [2.75, 3.05) is 6.54 Å². The molecule has 0 aliphatic rings. The minimum absolute atomic E-state index is 0.00345. The van der Waals surface area contributed by atoms with Gasteiger partial charge in [0.05, 0.1) is 11.5 Å². The molecule has 2 rings (SSSR count). The molecule has 6 heteroatoms. The Balaban J connectivity index is 1.93. The van der Waals surface area contributed by atoms with E-state index in [9.17, 15) is 8.42 Å². The number of rotatable bonds is 6. The number of nitrogens with one attached hydrogen (secondary N) is 1. The summed E-state index contributed by atoms with van der Waals surface area (Å²) >= 11 is 5.74. The van der Waals surface area contributed by atoms with E-state index in [1.165, 1.54) is 12.1 Å². The van der Waals surface area contributed by atoms with E-state index >= 15 is 0 Å². The van der Waals surface area contributed by atoms with Gasteiger partial charge in [0.1, 0.15) is 0 Å². The van der Waals surface area contributed by atoms with Gasteiger partial charge in [-0.2, -0.15) is 0 Å². The first-order chi connectivity index (χ1) is 10.0. The Morgan fingerprint density at radius 2 is 1.52 bits per heavy atom. The topological polar surface area (TPSA) is 66.4 Å². The van der Waals surface area contributed by atoms with Crippen LogP contribution in [0, 0.1) is 0 Å². The van der Waals surface area contributed by atoms with E-state index in [2.05, 4.69) is 4.72 Å². The molecule has 2 N–H and O–H groups in total. The number of aliphatic hydroxyl groups is 1. The van der Waals surface area contributed by atoms with Crippen LogP contribution in [-0.4, -0.2) is 20.1 Å². The highest BCUT2D eigenvalue weighted by Crippen LogP contribution is 2.14. The predicted octanol–water partition coefficient (Wildman–Crippen LogP) is 2.35. The fraction of sp³-hybridized carbons (Fsp3) is 0.200. The van der Waals surface area contributed by atoms with Crippen molar-refractivity contribution in [3.05, 3.63) is 64.7 Å². The first-order valence-corrected chi connectivity index (χ1v) is 8.31. The number of aliphatic hydroxyl groups excluding tert-OH is 1. The number of hydrogen-bond donors (Lipinski definition) is 2. The molecule has 2 aromatic rings. The Labute approximate surface area is 129 Å². The van der Waals surface area contributed by atoms with E-state index in [0.717, 1.165) is 11.1 Å². The number of halogens is 1. The largest absolute Gasteiger partial charge is 0.392 e. The molecule has 0 aliphatic heterocycles. The third-order valence-electron chi connectivity index (χ3n) is 3.04. The summed E-state index contributed by atoms with van der Waals surface area (Å²) in [6.07, 6.45) is 0.582. The molecule has 0 fully saturated rings. The number of hydrogen-bond acceptors (Lipinski definition) is 3. The highest BCUT2D eigenvalue weighted by molar-refractivity contribution is 7.89. The lowest BCUT2D eigenvalue weighted by Crippen LogP contribution is -2.25. The summed E-state index contributed by atoms with van der Waals surface area (Å²) in [5.74, 6) is 0. The van der Waals surface area contributed by atoms with Crippen LogP contribution in [0.2, 0.25) is 5.02 Å². The zero-order chi connectivity index (χ0) is 15.3. The lowest BCUT2D eigenvalue weighted by molar-refractivity contribution is 0.282. The van der Waals surface area contributed by atoms with Crippen molar-refractivity contribution in [3.63, 3.8) is 0 Å². The van der Waals surface area contributed by atoms with E-state index in [0.29, 0.717) is 18.0 Å². The molecule has 0 radical (unpaired) electrons. The monoisotopic (exact) mass is 325 g/mol. The van der Waals surface area contributed by atoms with Gasteiger partial charge in [-0.15, -0.1) is 0 Å². The summed E-state index contributed by atoms with van der Waals surface area (Å²) in [6, 6.07) is 13.4. The highest BCUT2D eigenvalue weighted by Gasteiger charge is 2.12. The van der Waals surface area contributed by atoms with E-state index in [1.54, 1.807) is 12.1 Å². The maximum absolute atomic E-state index is 12.0. The van der Waals surface area contributed by atoms with Gasteiger partial charge in [-0.05, 0) is 41.8 Å². The molecule has 0 atom stereocenters. The lowest BCUT2D eigenvalue weighted by atomic mass is 10.1. The average molecular weight is 326 g/mol. The van der Waals surface area contributed by atoms with Crippen molar-refractivity contribution in [1.82, 2.24) is 4.72 Å². The van der Waals surface area contributed by atoms with Crippen LogP contribution in [-0.2, 0) is 23.1 Å². The van der Waals surface area contributed by atoms with Crippen molar-refractivity contribution in [1.29, 1.82) is 0 Å². The molecular formula is C15H16ClNO3S. The van der Waals surface area contributed by atoms with Crippen LogP contribution in [0.15, 0.2) is 53.4 Å². The second kappa shape index (κ2) is 7.04. The van der Waals surface area contributed by atoms with Crippen molar-refractivity contribution < 1.29 is 13.5 Å². The van der Waals surface area contributed by atoms with E-state index in [4.69, 9.17) is 16.7 Å². The molecule has 0 heterocycles. The highest BCUT2D eigenvalue weighted by atomic mass is 35.5. The third kappa shape index (κ3) is 4.54. The molecule has 112 valence electrons. The van der Waals surface area contributed by atoms with Crippen LogP contribution >= 0.6 is 11.6 Å². The van der Waals surface area contributed by atoms with Crippen molar-refractivity contribution >= 4 is 21.6 Å². The zero-order valence-corrected chi connectivity index (χ0v) is 12.9. The van der Waals surface area contributed by atoms with E-state index in [-0.39, 0.29) is 11.5 Å². The van der Waals surface area contributed by atoms with E-state index in [1.807, 2.05) is 24.3 Å². The predicted molar refractivity (Wildman–Crippen MR) is 82.7 cm³/mol. The summed E-state index contributed by atoms with van der Waals surface area (Å²) in [5.41, 5.74) is 1.84. The van der Waals surface area contributed by atoms with Gasteiger partial charge in [0.25, 0.3) is 0 Å². The number of benzene rings is 2. The summed E-state index contributed by atoms with van der Waals surface area (Å²) in [6.45, 7) is 0.312. The summed E-state index contributed by atoms with van der Waals surface area (Å²) in [7, 11) is -3.51. The number of sulfonamides is 1. The summed E-state index contributed by atoms with van der Waals surface area (Å²) in [5, 5.41) is 9.45. The van der Waals surface area contributed by atoms with Gasteiger partial charge in [0, 0.05) is 11.6 Å². The molecule has 0 aromatic heterocycles. The SMILES string of the molecule is O=S(=O)(NCCc1ccc(CO)cc1)c1ccc(Cl)cc1. The smallest absolute Gasteiger partial charge is 0.240 e. The molecule has 0 amide bonds. The van der Waals surface area contributed by atoms with Crippen molar-refractivity contribution in [2.45, 2.75) is 17.9 Å². The van der Waals surface area contributed by atoms with Crippen LogP contribution in [0.4, 0.5) is 0 Å². The Kier molecular flexibility index (Phi) is 5.36. The maximum atomic E-state index is 12.0. The Hall–Kier alpha value is -1.40. The molecule has 0 bridgehead atoms. The van der Waals surface area contributed by atoms with Gasteiger partial charge in [0.15, 0.2) is 0 Å². The Morgan fingerprint density at radius 3 is 2.10 bits per heavy atom. The lowest BCUT2D eigenvalue weighted by Gasteiger charge is -2.07. The molecule has 0 saturated heterocycles. The first-order valence-electron chi connectivity index (χ1n) is 6.45. The second-order valence-corrected chi connectivity index (χ2v) is 6.78. The summed E-state index contributed by atoms with van der Waals surface area (Å²) < 4.78 is 26.6. The second-order valence-electron chi connectivity index (χ2n) is 4.58. The first kappa shape index (κ1) is 16.0. The molecule has 2 aromatic carbocycles. The van der Waals surface area contributed by atoms with Crippen molar-refractivity contribution in [2.24, 2.45) is 0 Å². The van der Waals surface area contributed by atoms with Gasteiger partial charge in [-0.3, -0.25) is 0 Å². The molecule has 0 aliphatic carbocycles. The van der Waals surface area contributed by atoms with Gasteiger partial charge in [-0.1, -0.05) is 35.9 Å². The quantitative estimate of drug-likeness (QED) is 0.856. The Bertz CT molecular complexity index is 682. The molecule has 0 unspecified atom stereocenters. The molecular weight excluding hydrogens is 310 g/mol. The van der Waals surface area contributed by atoms with Crippen LogP contribution in [0.5, 0.6) is 0 Å². The van der Waals surface area contributed by atoms with Crippen LogP contribution < -0.4 is 4.72 Å². The zero-order valence-electron chi connectivity index (χ0n) is 11.3. The minimum atomic E-state index is -3.51. The van der Waals surface area contributed by atoms with Gasteiger partial charge in [0.2, 0.25) is 10.0 Å². The standard InChI is InChI=1S/C15H16ClNO3S/c16-14-5-7-15(8-6-14)21(19,20)17-10-9-12-1-3-13(11-18)4-2-12/h1-8,17-18H,9-11H2. The molecule has 0 saturated carbocycles. The molecule has 0 spiro atoms. The molecule has 4 nitrogen and oxygen atoms in total. The minimum Gasteiger partial charge on any atom is -0.392 e. The van der Waals surface area contributed by atoms with Crippen molar-refractivity contribution in [3.8, 4) is 0 Å². The molecule has 21 heavy (non-hydrogen) atoms. The van der Waals surface area contributed by atoms with E-state index < -0.39 is 10.0 Å². The van der Waals surface area contributed by atoms with Gasteiger partial charge >= 0.3 is 0 Å². The van der Waals surface area contributed by atoms with Gasteiger partial charge in [-0.25, -0.2) is 13.1 Å². The Morgan fingerprint density at radius 1 is 0.952 bits per heavy atom. The normalized spacial score (nSPS) is 11.5. The fourth-order valence-corrected chi connectivity index (χ4v) is 3.00. The average Bonchev–Trinajstić information content (AvgIpc) is 2.48. The fourth-order valence-electron chi connectivity index (χ4n) is 1.84.